The Morgan fingerprint density at radius 2 is 1.84 bits per heavy atom. The van der Waals surface area contributed by atoms with Crippen molar-refractivity contribution in [3.63, 3.8) is 0 Å². The third kappa shape index (κ3) is 3.50. The van der Waals surface area contributed by atoms with Crippen molar-refractivity contribution in [2.75, 3.05) is 36.5 Å². The molecule has 2 fully saturated rings. The lowest BCUT2D eigenvalue weighted by molar-refractivity contribution is 0.0983. The molecule has 0 saturated carbocycles. The number of piperidine rings is 2. The molecule has 1 aromatic carbocycles. The molecule has 7 heteroatoms. The van der Waals surface area contributed by atoms with E-state index in [1.54, 1.807) is 11.8 Å². The molecule has 7 nitrogen and oxygen atoms in total. The van der Waals surface area contributed by atoms with Crippen LogP contribution in [0.3, 0.4) is 0 Å². The summed E-state index contributed by atoms with van der Waals surface area (Å²) in [6.45, 7) is 6.31. The van der Waals surface area contributed by atoms with Crippen LogP contribution in [0.5, 0.6) is 0 Å². The lowest BCUT2D eigenvalue weighted by Gasteiger charge is -2.38. The molecule has 0 radical (unpaired) electrons. The molecule has 0 aromatic heterocycles. The minimum atomic E-state index is -0.402. The van der Waals surface area contributed by atoms with E-state index in [0.717, 1.165) is 32.2 Å². The summed E-state index contributed by atoms with van der Waals surface area (Å²) in [7, 11) is 0. The van der Waals surface area contributed by atoms with E-state index in [4.69, 9.17) is 4.74 Å². The Morgan fingerprint density at radius 1 is 1.12 bits per heavy atom. The number of nitrogens with one attached hydrogen (secondary N) is 1. The first-order valence-corrected chi connectivity index (χ1v) is 9.31. The predicted molar refractivity (Wildman–Crippen MR) is 97.3 cm³/mol. The van der Waals surface area contributed by atoms with Gasteiger partial charge in [0.1, 0.15) is 11.4 Å². The number of rotatable bonds is 4. The van der Waals surface area contributed by atoms with Gasteiger partial charge in [0.2, 0.25) is 0 Å². The minimum Gasteiger partial charge on any atom is -0.450 e. The lowest BCUT2D eigenvalue weighted by Crippen LogP contribution is -2.50. The monoisotopic (exact) mass is 349 g/mol. The zero-order chi connectivity index (χ0) is 18.0. The minimum absolute atomic E-state index is 0.104. The average Bonchev–Trinajstić information content (AvgIpc) is 2.63. The Morgan fingerprint density at radius 3 is 2.48 bits per heavy atom. The average molecular weight is 349 g/mol. The summed E-state index contributed by atoms with van der Waals surface area (Å²) in [5.74, 6) is 0. The Hall–Kier alpha value is -2.05. The fraction of sp³-hybridized carbons (Fsp3) is 0.722. The highest BCUT2D eigenvalue weighted by Crippen LogP contribution is 2.29. The molecular weight excluding hydrogens is 322 g/mol. The third-order valence-electron chi connectivity index (χ3n) is 5.34. The van der Waals surface area contributed by atoms with Gasteiger partial charge in [-0.05, 0) is 46.0 Å². The van der Waals surface area contributed by atoms with Crippen LogP contribution in [0.4, 0.5) is 16.2 Å². The third-order valence-corrected chi connectivity index (χ3v) is 5.34. The Balaban J connectivity index is 1.63. The van der Waals surface area contributed by atoms with Crippen LogP contribution < -0.4 is 21.1 Å². The first-order chi connectivity index (χ1) is 12.0. The van der Waals surface area contributed by atoms with Crippen LogP contribution in [0.25, 0.3) is 0 Å². The van der Waals surface area contributed by atoms with Crippen LogP contribution in [0.15, 0.2) is 9.59 Å². The summed E-state index contributed by atoms with van der Waals surface area (Å²) in [5, 5.41) is 3.28. The highest BCUT2D eigenvalue weighted by atomic mass is 16.6. The lowest BCUT2D eigenvalue weighted by atomic mass is 9.99. The second kappa shape index (κ2) is 7.45. The molecule has 0 unspecified atom stereocenters. The van der Waals surface area contributed by atoms with E-state index >= 15 is 0 Å². The summed E-state index contributed by atoms with van der Waals surface area (Å²) in [5.41, 5.74) is 0.291. The van der Waals surface area contributed by atoms with E-state index < -0.39 is 5.43 Å². The number of amides is 1. The van der Waals surface area contributed by atoms with Crippen molar-refractivity contribution in [3.05, 3.63) is 20.4 Å². The molecule has 2 heterocycles. The van der Waals surface area contributed by atoms with Gasteiger partial charge in [-0.15, -0.1) is 0 Å². The van der Waals surface area contributed by atoms with Crippen molar-refractivity contribution in [3.8, 4) is 0 Å². The van der Waals surface area contributed by atoms with Crippen LogP contribution in [0.1, 0.15) is 46.0 Å². The fourth-order valence-corrected chi connectivity index (χ4v) is 3.84. The van der Waals surface area contributed by atoms with Gasteiger partial charge < -0.3 is 19.9 Å². The van der Waals surface area contributed by atoms with Crippen molar-refractivity contribution in [1.82, 2.24) is 4.90 Å². The number of nitrogens with zero attached hydrogens (tertiary/aromatic N) is 2. The first-order valence-electron chi connectivity index (χ1n) is 9.31. The summed E-state index contributed by atoms with van der Waals surface area (Å²) in [4.78, 5) is 39.7. The Labute approximate surface area is 147 Å². The van der Waals surface area contributed by atoms with Gasteiger partial charge in [-0.2, -0.15) is 0 Å². The highest BCUT2D eigenvalue weighted by Gasteiger charge is 2.32. The molecule has 0 spiro atoms. The predicted octanol–water partition coefficient (Wildman–Crippen LogP) is 1.69. The van der Waals surface area contributed by atoms with Crippen molar-refractivity contribution in [2.45, 2.75) is 58.0 Å². The Bertz CT molecular complexity index is 687. The van der Waals surface area contributed by atoms with Crippen molar-refractivity contribution in [1.29, 1.82) is 0 Å². The van der Waals surface area contributed by atoms with Gasteiger partial charge in [0.05, 0.1) is 6.61 Å². The fourth-order valence-electron chi connectivity index (χ4n) is 3.84. The van der Waals surface area contributed by atoms with Crippen LogP contribution in [0.2, 0.25) is 0 Å². The van der Waals surface area contributed by atoms with Gasteiger partial charge in [0.15, 0.2) is 0 Å². The molecule has 2 aliphatic heterocycles. The topological polar surface area (TPSA) is 79.0 Å². The van der Waals surface area contributed by atoms with Gasteiger partial charge in [0, 0.05) is 31.7 Å². The quantitative estimate of drug-likeness (QED) is 0.834. The first kappa shape index (κ1) is 17.8. The number of carbonyl (C=O) groups excluding carboxylic acids is 1. The number of ether oxygens (including phenoxy) is 1. The van der Waals surface area contributed by atoms with Crippen LogP contribution in [0, 0.1) is 0 Å². The van der Waals surface area contributed by atoms with Crippen LogP contribution in [-0.4, -0.2) is 49.3 Å². The van der Waals surface area contributed by atoms with E-state index in [1.807, 2.05) is 0 Å². The molecule has 1 aromatic rings. The molecule has 2 saturated heterocycles. The number of likely N-dealkylation sites (tertiary alicyclic amines) is 1. The molecule has 0 bridgehead atoms. The van der Waals surface area contributed by atoms with Gasteiger partial charge >= 0.3 is 6.09 Å². The molecule has 2 aliphatic rings. The summed E-state index contributed by atoms with van der Waals surface area (Å²) in [6, 6.07) is 0.399. The molecule has 1 N–H and O–H groups in total. The van der Waals surface area contributed by atoms with Gasteiger partial charge in [-0.25, -0.2) is 4.79 Å². The van der Waals surface area contributed by atoms with E-state index in [-0.39, 0.29) is 17.6 Å². The van der Waals surface area contributed by atoms with Crippen molar-refractivity contribution in [2.24, 2.45) is 0 Å². The summed E-state index contributed by atoms with van der Waals surface area (Å²) < 4.78 is 5.02. The molecule has 3 rings (SSSR count). The SMILES string of the molecule is CCOC(=O)N1CCC(Nc2c(N3CCCC[C@@H]3C)c(=O)c2=O)CC1. The van der Waals surface area contributed by atoms with Gasteiger partial charge in [-0.1, -0.05) is 0 Å². The van der Waals surface area contributed by atoms with E-state index in [2.05, 4.69) is 17.1 Å². The maximum atomic E-state index is 12.1. The molecule has 138 valence electrons. The molecular formula is C18H27N3O4. The standard InChI is InChI=1S/C18H27N3O4/c1-3-25-18(24)20-10-7-13(8-11-20)19-14-15(17(23)16(14)22)21-9-5-4-6-12(21)2/h12-13,19H,3-11H2,1-2H3/t12-/m0/s1. The zero-order valence-corrected chi connectivity index (χ0v) is 15.0. The van der Waals surface area contributed by atoms with Crippen LogP contribution in [-0.2, 0) is 4.74 Å². The molecule has 1 atom stereocenters. The number of anilines is 2. The zero-order valence-electron chi connectivity index (χ0n) is 15.0. The second-order valence-corrected chi connectivity index (χ2v) is 7.02. The molecule has 0 aliphatic carbocycles. The molecule has 25 heavy (non-hydrogen) atoms. The maximum absolute atomic E-state index is 12.1. The summed E-state index contributed by atoms with van der Waals surface area (Å²) >= 11 is 0. The number of hydrogen-bond donors (Lipinski definition) is 1. The number of carbonyl (C=O) groups is 1. The highest BCUT2D eigenvalue weighted by molar-refractivity contribution is 5.76. The molecule has 1 amide bonds. The van der Waals surface area contributed by atoms with E-state index in [1.165, 1.54) is 6.42 Å². The van der Waals surface area contributed by atoms with Gasteiger partial charge in [0.25, 0.3) is 10.9 Å². The van der Waals surface area contributed by atoms with Crippen LogP contribution >= 0.6 is 0 Å². The van der Waals surface area contributed by atoms with Crippen molar-refractivity contribution < 1.29 is 9.53 Å². The summed E-state index contributed by atoms with van der Waals surface area (Å²) in [6.07, 6.45) is 4.48. The normalized spacial score (nSPS) is 22.2. The number of hydrogen-bond acceptors (Lipinski definition) is 6. The maximum Gasteiger partial charge on any atom is 0.409 e. The van der Waals surface area contributed by atoms with E-state index in [0.29, 0.717) is 37.1 Å². The largest absolute Gasteiger partial charge is 0.450 e. The smallest absolute Gasteiger partial charge is 0.409 e. The second-order valence-electron chi connectivity index (χ2n) is 7.02. The van der Waals surface area contributed by atoms with E-state index in [9.17, 15) is 14.4 Å². The Kier molecular flexibility index (Phi) is 5.30. The van der Waals surface area contributed by atoms with Gasteiger partial charge in [-0.3, -0.25) is 9.59 Å². The van der Waals surface area contributed by atoms with Crippen molar-refractivity contribution >= 4 is 17.5 Å².